The number of amides is 1. The highest BCUT2D eigenvalue weighted by Crippen LogP contribution is 2.23. The summed E-state index contributed by atoms with van der Waals surface area (Å²) < 4.78 is 12.9. The fourth-order valence-corrected chi connectivity index (χ4v) is 3.39. The Morgan fingerprint density at radius 1 is 1.11 bits per heavy atom. The quantitative estimate of drug-likeness (QED) is 0.776. The van der Waals surface area contributed by atoms with E-state index in [1.807, 2.05) is 19.1 Å². The molecule has 0 radical (unpaired) electrons. The first-order valence-corrected chi connectivity index (χ1v) is 9.75. The van der Waals surface area contributed by atoms with E-state index >= 15 is 0 Å². The molecule has 0 spiro atoms. The van der Waals surface area contributed by atoms with E-state index < -0.39 is 0 Å². The molecule has 1 unspecified atom stereocenters. The first-order valence-electron chi connectivity index (χ1n) is 9.75. The normalized spacial score (nSPS) is 15.3. The number of rotatable bonds is 7. The zero-order valence-corrected chi connectivity index (χ0v) is 15.9. The van der Waals surface area contributed by atoms with Crippen LogP contribution in [0.15, 0.2) is 48.5 Å². The second kappa shape index (κ2) is 9.40. The van der Waals surface area contributed by atoms with Crippen molar-refractivity contribution in [2.75, 3.05) is 29.9 Å². The monoisotopic (exact) mass is 369 g/mol. The summed E-state index contributed by atoms with van der Waals surface area (Å²) in [4.78, 5) is 14.7. The Kier molecular flexibility index (Phi) is 6.69. The molecule has 1 amide bonds. The summed E-state index contributed by atoms with van der Waals surface area (Å²) in [5, 5.41) is 6.23. The van der Waals surface area contributed by atoms with Gasteiger partial charge >= 0.3 is 0 Å². The van der Waals surface area contributed by atoms with Gasteiger partial charge in [-0.3, -0.25) is 4.79 Å². The van der Waals surface area contributed by atoms with E-state index in [0.717, 1.165) is 24.3 Å². The highest BCUT2D eigenvalue weighted by atomic mass is 19.1. The minimum atomic E-state index is -0.324. The number of carbonyl (C=O) groups is 1. The molecular weight excluding hydrogens is 341 g/mol. The molecule has 1 heterocycles. The topological polar surface area (TPSA) is 44.4 Å². The zero-order chi connectivity index (χ0) is 19.1. The number of hydrogen-bond acceptors (Lipinski definition) is 3. The van der Waals surface area contributed by atoms with Gasteiger partial charge in [0, 0.05) is 31.0 Å². The van der Waals surface area contributed by atoms with Gasteiger partial charge in [-0.05, 0) is 68.5 Å². The third-order valence-electron chi connectivity index (χ3n) is 4.97. The van der Waals surface area contributed by atoms with E-state index in [9.17, 15) is 9.18 Å². The van der Waals surface area contributed by atoms with Gasteiger partial charge in [-0.15, -0.1) is 0 Å². The highest BCUT2D eigenvalue weighted by Gasteiger charge is 2.14. The Hall–Kier alpha value is -2.56. The SMILES string of the molecule is CC(Nc1cccc(N2CCCCC2)c1)C(=O)NCCc1ccc(F)cc1. The number of hydrogen-bond donors (Lipinski definition) is 2. The lowest BCUT2D eigenvalue weighted by Crippen LogP contribution is -2.38. The van der Waals surface area contributed by atoms with Crippen LogP contribution < -0.4 is 15.5 Å². The standard InChI is InChI=1S/C22H28FN3O/c1-17(22(27)24-13-12-18-8-10-19(23)11-9-18)25-20-6-5-7-21(16-20)26-14-3-2-4-15-26/h5-11,16-17,25H,2-4,12-15H2,1H3,(H,24,27). The van der Waals surface area contributed by atoms with Crippen LogP contribution in [0.4, 0.5) is 15.8 Å². The number of halogens is 1. The van der Waals surface area contributed by atoms with E-state index in [4.69, 9.17) is 0 Å². The summed E-state index contributed by atoms with van der Waals surface area (Å²) in [6.07, 6.45) is 4.47. The summed E-state index contributed by atoms with van der Waals surface area (Å²) in [5.74, 6) is -0.284. The maximum Gasteiger partial charge on any atom is 0.242 e. The van der Waals surface area contributed by atoms with Crippen LogP contribution in [0, 0.1) is 5.82 Å². The van der Waals surface area contributed by atoms with E-state index in [0.29, 0.717) is 13.0 Å². The lowest BCUT2D eigenvalue weighted by molar-refractivity contribution is -0.121. The minimum absolute atomic E-state index is 0.0412. The average Bonchev–Trinajstić information content (AvgIpc) is 2.70. The second-order valence-electron chi connectivity index (χ2n) is 7.13. The third-order valence-corrected chi connectivity index (χ3v) is 4.97. The van der Waals surface area contributed by atoms with Gasteiger partial charge in [0.15, 0.2) is 0 Å². The van der Waals surface area contributed by atoms with Gasteiger partial charge < -0.3 is 15.5 Å². The fourth-order valence-electron chi connectivity index (χ4n) is 3.39. The van der Waals surface area contributed by atoms with Gasteiger partial charge in [-0.25, -0.2) is 4.39 Å². The molecule has 0 bridgehead atoms. The Morgan fingerprint density at radius 2 is 1.85 bits per heavy atom. The van der Waals surface area contributed by atoms with Crippen LogP contribution in [-0.4, -0.2) is 31.6 Å². The molecule has 1 fully saturated rings. The number of piperidine rings is 1. The lowest BCUT2D eigenvalue weighted by atomic mass is 10.1. The largest absolute Gasteiger partial charge is 0.374 e. The Balaban J connectivity index is 1.48. The molecule has 1 saturated heterocycles. The second-order valence-corrected chi connectivity index (χ2v) is 7.13. The number of nitrogens with one attached hydrogen (secondary N) is 2. The van der Waals surface area contributed by atoms with Crippen LogP contribution in [0.25, 0.3) is 0 Å². The first kappa shape index (κ1) is 19.2. The Bertz CT molecular complexity index is 741. The van der Waals surface area contributed by atoms with E-state index in [1.54, 1.807) is 12.1 Å². The van der Waals surface area contributed by atoms with Crippen molar-refractivity contribution in [2.45, 2.75) is 38.6 Å². The Labute approximate surface area is 160 Å². The van der Waals surface area contributed by atoms with Gasteiger partial charge in [0.1, 0.15) is 11.9 Å². The Morgan fingerprint density at radius 3 is 2.59 bits per heavy atom. The van der Waals surface area contributed by atoms with Crippen LogP contribution in [0.5, 0.6) is 0 Å². The number of carbonyl (C=O) groups excluding carboxylic acids is 1. The van der Waals surface area contributed by atoms with Crippen molar-refractivity contribution >= 4 is 17.3 Å². The summed E-state index contributed by atoms with van der Waals surface area (Å²) in [6.45, 7) is 4.59. The van der Waals surface area contributed by atoms with Crippen LogP contribution in [0.3, 0.4) is 0 Å². The zero-order valence-electron chi connectivity index (χ0n) is 15.9. The summed E-state index contributed by atoms with van der Waals surface area (Å²) in [6, 6.07) is 14.3. The molecule has 27 heavy (non-hydrogen) atoms. The molecule has 144 valence electrons. The van der Waals surface area contributed by atoms with Crippen molar-refractivity contribution in [2.24, 2.45) is 0 Å². The molecule has 4 nitrogen and oxygen atoms in total. The van der Waals surface area contributed by atoms with Gasteiger partial charge in [0.2, 0.25) is 5.91 Å². The summed E-state index contributed by atoms with van der Waals surface area (Å²) in [7, 11) is 0. The highest BCUT2D eigenvalue weighted by molar-refractivity contribution is 5.84. The molecule has 0 aliphatic carbocycles. The van der Waals surface area contributed by atoms with Crippen molar-refractivity contribution in [3.8, 4) is 0 Å². The van der Waals surface area contributed by atoms with Crippen molar-refractivity contribution in [1.29, 1.82) is 0 Å². The minimum Gasteiger partial charge on any atom is -0.374 e. The van der Waals surface area contributed by atoms with Gasteiger partial charge in [-0.1, -0.05) is 18.2 Å². The molecule has 5 heteroatoms. The van der Waals surface area contributed by atoms with Crippen LogP contribution >= 0.6 is 0 Å². The van der Waals surface area contributed by atoms with E-state index in [1.165, 1.54) is 37.1 Å². The maximum absolute atomic E-state index is 12.9. The molecule has 2 N–H and O–H groups in total. The van der Waals surface area contributed by atoms with Gasteiger partial charge in [-0.2, -0.15) is 0 Å². The predicted molar refractivity (Wildman–Crippen MR) is 109 cm³/mol. The van der Waals surface area contributed by atoms with Crippen molar-refractivity contribution in [3.05, 3.63) is 59.9 Å². The molecule has 1 atom stereocenters. The average molecular weight is 369 g/mol. The number of anilines is 2. The van der Waals surface area contributed by atoms with Gasteiger partial charge in [0.25, 0.3) is 0 Å². The van der Waals surface area contributed by atoms with Crippen molar-refractivity contribution < 1.29 is 9.18 Å². The molecule has 2 aromatic rings. The molecule has 1 aliphatic rings. The van der Waals surface area contributed by atoms with E-state index in [2.05, 4.69) is 27.7 Å². The van der Waals surface area contributed by atoms with Crippen LogP contribution in [0.2, 0.25) is 0 Å². The smallest absolute Gasteiger partial charge is 0.242 e. The molecule has 2 aromatic carbocycles. The number of nitrogens with zero attached hydrogens (tertiary/aromatic N) is 1. The predicted octanol–water partition coefficient (Wildman–Crippen LogP) is 3.98. The van der Waals surface area contributed by atoms with Crippen molar-refractivity contribution in [1.82, 2.24) is 5.32 Å². The third kappa shape index (κ3) is 5.71. The van der Waals surface area contributed by atoms with Gasteiger partial charge in [0.05, 0.1) is 0 Å². The molecular formula is C22H28FN3O. The fraction of sp³-hybridized carbons (Fsp3) is 0.409. The van der Waals surface area contributed by atoms with E-state index in [-0.39, 0.29) is 17.8 Å². The van der Waals surface area contributed by atoms with Crippen LogP contribution in [-0.2, 0) is 11.2 Å². The molecule has 3 rings (SSSR count). The molecule has 0 saturated carbocycles. The summed E-state index contributed by atoms with van der Waals surface area (Å²) in [5.41, 5.74) is 3.18. The summed E-state index contributed by atoms with van der Waals surface area (Å²) >= 11 is 0. The van der Waals surface area contributed by atoms with Crippen molar-refractivity contribution in [3.63, 3.8) is 0 Å². The lowest BCUT2D eigenvalue weighted by Gasteiger charge is -2.29. The van der Waals surface area contributed by atoms with Crippen LogP contribution in [0.1, 0.15) is 31.7 Å². The molecule has 1 aliphatic heterocycles. The molecule has 0 aromatic heterocycles. The first-order chi connectivity index (χ1) is 13.1. The number of benzene rings is 2. The maximum atomic E-state index is 12.9.